The molecule has 0 radical (unpaired) electrons. The maximum atomic E-state index is 11.6. The first-order valence-corrected chi connectivity index (χ1v) is 6.14. The first-order chi connectivity index (χ1) is 8.69. The number of carbonyl (C=O) groups excluding carboxylic acids is 2. The van der Waals surface area contributed by atoms with Crippen molar-refractivity contribution < 1.29 is 14.3 Å². The fourth-order valence-electron chi connectivity index (χ4n) is 2.08. The Balaban J connectivity index is 2.44. The normalized spacial score (nSPS) is 19.9. The quantitative estimate of drug-likeness (QED) is 0.552. The van der Waals surface area contributed by atoms with Crippen LogP contribution in [0.5, 0.6) is 0 Å². The molecule has 0 spiro atoms. The molecule has 1 fully saturated rings. The number of carbonyl (C=O) groups is 2. The lowest BCUT2D eigenvalue weighted by Gasteiger charge is -2.32. The fraction of sp³-hybridized carbons (Fsp3) is 0.750. The number of methoxy groups -OCH3 is 1. The van der Waals surface area contributed by atoms with Crippen LogP contribution in [0.3, 0.4) is 0 Å². The van der Waals surface area contributed by atoms with Crippen molar-refractivity contribution in [3.8, 4) is 6.07 Å². The highest BCUT2D eigenvalue weighted by Gasteiger charge is 2.30. The number of hydrogen-bond acceptors (Lipinski definition) is 5. The van der Waals surface area contributed by atoms with E-state index in [0.29, 0.717) is 13.0 Å². The first kappa shape index (κ1) is 14.5. The van der Waals surface area contributed by atoms with Crippen molar-refractivity contribution in [1.29, 1.82) is 5.26 Å². The van der Waals surface area contributed by atoms with E-state index in [1.807, 2.05) is 11.0 Å². The van der Waals surface area contributed by atoms with Crippen molar-refractivity contribution in [3.63, 3.8) is 0 Å². The van der Waals surface area contributed by atoms with Gasteiger partial charge in [-0.1, -0.05) is 6.42 Å². The van der Waals surface area contributed by atoms with Crippen molar-refractivity contribution in [3.05, 3.63) is 0 Å². The second-order valence-electron chi connectivity index (χ2n) is 4.26. The lowest BCUT2D eigenvalue weighted by Crippen LogP contribution is -2.49. The largest absolute Gasteiger partial charge is 0.468 e. The van der Waals surface area contributed by atoms with Crippen LogP contribution in [0, 0.1) is 11.3 Å². The van der Waals surface area contributed by atoms with Crippen molar-refractivity contribution in [2.75, 3.05) is 26.7 Å². The molecule has 0 unspecified atom stereocenters. The van der Waals surface area contributed by atoms with Gasteiger partial charge in [0.05, 0.1) is 26.1 Å². The van der Waals surface area contributed by atoms with E-state index in [1.165, 1.54) is 7.11 Å². The third-order valence-corrected chi connectivity index (χ3v) is 2.99. The highest BCUT2D eigenvalue weighted by molar-refractivity contribution is 5.80. The van der Waals surface area contributed by atoms with Gasteiger partial charge in [-0.2, -0.15) is 5.26 Å². The molecule has 1 heterocycles. The van der Waals surface area contributed by atoms with Gasteiger partial charge in [0, 0.05) is 6.54 Å². The van der Waals surface area contributed by atoms with Crippen molar-refractivity contribution in [1.82, 2.24) is 10.2 Å². The summed E-state index contributed by atoms with van der Waals surface area (Å²) >= 11 is 0. The summed E-state index contributed by atoms with van der Waals surface area (Å²) in [7, 11) is 1.36. The SMILES string of the molecule is COC(=O)[C@H]1CCCCN1CC(=O)NCCC#N. The Morgan fingerprint density at radius 1 is 1.50 bits per heavy atom. The van der Waals surface area contributed by atoms with Crippen LogP contribution in [-0.2, 0) is 14.3 Å². The maximum absolute atomic E-state index is 11.6. The highest BCUT2D eigenvalue weighted by Crippen LogP contribution is 2.17. The Bertz CT molecular complexity index is 338. The van der Waals surface area contributed by atoms with Crippen LogP contribution in [-0.4, -0.2) is 49.6 Å². The van der Waals surface area contributed by atoms with E-state index < -0.39 is 0 Å². The third-order valence-electron chi connectivity index (χ3n) is 2.99. The average Bonchev–Trinajstić information content (AvgIpc) is 2.39. The Morgan fingerprint density at radius 2 is 2.28 bits per heavy atom. The van der Waals surface area contributed by atoms with Gasteiger partial charge >= 0.3 is 5.97 Å². The van der Waals surface area contributed by atoms with Gasteiger partial charge in [0.25, 0.3) is 0 Å². The van der Waals surface area contributed by atoms with Crippen molar-refractivity contribution in [2.45, 2.75) is 31.7 Å². The van der Waals surface area contributed by atoms with Crippen LogP contribution in [0.4, 0.5) is 0 Å². The van der Waals surface area contributed by atoms with Gasteiger partial charge < -0.3 is 10.1 Å². The van der Waals surface area contributed by atoms with E-state index in [2.05, 4.69) is 5.32 Å². The molecule has 100 valence electrons. The molecule has 0 saturated carbocycles. The molecule has 1 aliphatic rings. The molecule has 1 amide bonds. The lowest BCUT2D eigenvalue weighted by atomic mass is 10.0. The number of nitrogens with zero attached hydrogens (tertiary/aromatic N) is 2. The van der Waals surface area contributed by atoms with Gasteiger partial charge in [0.2, 0.25) is 5.91 Å². The van der Waals surface area contributed by atoms with E-state index in [-0.39, 0.29) is 24.5 Å². The Hall–Kier alpha value is -1.61. The Kier molecular flexibility index (Phi) is 6.15. The average molecular weight is 253 g/mol. The zero-order valence-electron chi connectivity index (χ0n) is 10.6. The maximum Gasteiger partial charge on any atom is 0.323 e. The smallest absolute Gasteiger partial charge is 0.323 e. The summed E-state index contributed by atoms with van der Waals surface area (Å²) in [4.78, 5) is 25.1. The molecule has 1 saturated heterocycles. The number of esters is 1. The molecule has 0 bridgehead atoms. The van der Waals surface area contributed by atoms with Gasteiger partial charge in [-0.25, -0.2) is 0 Å². The summed E-state index contributed by atoms with van der Waals surface area (Å²) in [6, 6.07) is 1.65. The molecule has 0 aromatic rings. The summed E-state index contributed by atoms with van der Waals surface area (Å²) in [6.07, 6.45) is 3.00. The molecule has 1 atom stereocenters. The third kappa shape index (κ3) is 4.34. The van der Waals surface area contributed by atoms with Crippen LogP contribution >= 0.6 is 0 Å². The van der Waals surface area contributed by atoms with Gasteiger partial charge in [-0.05, 0) is 19.4 Å². The second kappa shape index (κ2) is 7.67. The van der Waals surface area contributed by atoms with Crippen molar-refractivity contribution >= 4 is 11.9 Å². The number of nitrogens with one attached hydrogen (secondary N) is 1. The molecule has 0 aromatic carbocycles. The number of likely N-dealkylation sites (tertiary alicyclic amines) is 1. The molecule has 6 heteroatoms. The Morgan fingerprint density at radius 3 is 2.94 bits per heavy atom. The first-order valence-electron chi connectivity index (χ1n) is 6.14. The van der Waals surface area contributed by atoms with Gasteiger partial charge in [0.15, 0.2) is 0 Å². The van der Waals surface area contributed by atoms with Crippen molar-refractivity contribution in [2.24, 2.45) is 0 Å². The minimum atomic E-state index is -0.314. The highest BCUT2D eigenvalue weighted by atomic mass is 16.5. The Labute approximate surface area is 107 Å². The molecule has 6 nitrogen and oxygen atoms in total. The van der Waals surface area contributed by atoms with Gasteiger partial charge in [-0.15, -0.1) is 0 Å². The van der Waals surface area contributed by atoms with Crippen LogP contribution in [0.2, 0.25) is 0 Å². The standard InChI is InChI=1S/C12H19N3O3/c1-18-12(17)10-5-2-3-8-15(10)9-11(16)14-7-4-6-13/h10H,2-5,7-9H2,1H3,(H,14,16)/t10-/m1/s1. The number of rotatable bonds is 5. The number of nitriles is 1. The number of ether oxygens (including phenoxy) is 1. The van der Waals surface area contributed by atoms with E-state index >= 15 is 0 Å². The minimum absolute atomic E-state index is 0.152. The van der Waals surface area contributed by atoms with E-state index in [4.69, 9.17) is 10.00 Å². The number of amides is 1. The summed E-state index contributed by atoms with van der Waals surface area (Å²) in [5, 5.41) is 11.0. The molecular weight excluding hydrogens is 234 g/mol. The van der Waals surface area contributed by atoms with Crippen LogP contribution in [0.25, 0.3) is 0 Å². The number of piperidine rings is 1. The molecule has 1 rings (SSSR count). The van der Waals surface area contributed by atoms with E-state index in [1.54, 1.807) is 0 Å². The van der Waals surface area contributed by atoms with Crippen LogP contribution in [0.1, 0.15) is 25.7 Å². The molecule has 1 N–H and O–H groups in total. The monoisotopic (exact) mass is 253 g/mol. The second-order valence-corrected chi connectivity index (χ2v) is 4.26. The molecule has 18 heavy (non-hydrogen) atoms. The molecule has 1 aliphatic heterocycles. The summed E-state index contributed by atoms with van der Waals surface area (Å²) in [6.45, 7) is 1.27. The molecular formula is C12H19N3O3. The van der Waals surface area contributed by atoms with Crippen LogP contribution < -0.4 is 5.32 Å². The minimum Gasteiger partial charge on any atom is -0.468 e. The number of hydrogen-bond donors (Lipinski definition) is 1. The summed E-state index contributed by atoms with van der Waals surface area (Å²) in [5.41, 5.74) is 0. The summed E-state index contributed by atoms with van der Waals surface area (Å²) < 4.78 is 4.74. The topological polar surface area (TPSA) is 82.4 Å². The summed E-state index contributed by atoms with van der Waals surface area (Å²) in [5.74, 6) is -0.430. The van der Waals surface area contributed by atoms with E-state index in [9.17, 15) is 9.59 Å². The zero-order valence-corrected chi connectivity index (χ0v) is 10.6. The fourth-order valence-corrected chi connectivity index (χ4v) is 2.08. The molecule has 0 aliphatic carbocycles. The zero-order chi connectivity index (χ0) is 13.4. The van der Waals surface area contributed by atoms with Gasteiger partial charge in [-0.3, -0.25) is 14.5 Å². The predicted octanol–water partition coefficient (Wildman–Crippen LogP) is 0.0438. The van der Waals surface area contributed by atoms with Crippen LogP contribution in [0.15, 0.2) is 0 Å². The predicted molar refractivity (Wildman–Crippen MR) is 64.5 cm³/mol. The van der Waals surface area contributed by atoms with Gasteiger partial charge in [0.1, 0.15) is 6.04 Å². The lowest BCUT2D eigenvalue weighted by molar-refractivity contribution is -0.148. The molecule has 0 aromatic heterocycles. The van der Waals surface area contributed by atoms with E-state index in [0.717, 1.165) is 25.8 Å².